The molecular formula is C15H22Cl2N2O2. The molecule has 0 saturated carbocycles. The molecule has 6 heteroatoms. The summed E-state index contributed by atoms with van der Waals surface area (Å²) < 4.78 is 5.73. The van der Waals surface area contributed by atoms with Crippen LogP contribution >= 0.6 is 24.0 Å². The van der Waals surface area contributed by atoms with E-state index in [4.69, 9.17) is 16.3 Å². The van der Waals surface area contributed by atoms with Crippen LogP contribution in [0.4, 0.5) is 0 Å². The number of hydrogen-bond acceptors (Lipinski definition) is 3. The van der Waals surface area contributed by atoms with E-state index in [2.05, 4.69) is 10.6 Å². The minimum absolute atomic E-state index is 0. The number of ether oxygens (including phenoxy) is 1. The molecule has 1 heterocycles. The first-order valence-electron chi connectivity index (χ1n) is 7.13. The third-order valence-electron chi connectivity index (χ3n) is 3.41. The van der Waals surface area contributed by atoms with Gasteiger partial charge in [-0.15, -0.1) is 12.4 Å². The van der Waals surface area contributed by atoms with Crippen molar-refractivity contribution in [3.63, 3.8) is 0 Å². The summed E-state index contributed by atoms with van der Waals surface area (Å²) in [6.45, 7) is 3.79. The molecule has 1 aliphatic rings. The molecule has 2 rings (SSSR count). The SMILES string of the molecule is CCC(Oc1ccccc1Cl)C(=O)NC1CCCNC1.Cl. The summed E-state index contributed by atoms with van der Waals surface area (Å²) in [7, 11) is 0. The van der Waals surface area contributed by atoms with Crippen LogP contribution in [0.3, 0.4) is 0 Å². The Morgan fingerprint density at radius 3 is 2.90 bits per heavy atom. The smallest absolute Gasteiger partial charge is 0.261 e. The third kappa shape index (κ3) is 5.38. The Hall–Kier alpha value is -0.970. The van der Waals surface area contributed by atoms with E-state index in [0.29, 0.717) is 17.2 Å². The van der Waals surface area contributed by atoms with Crippen LogP contribution in [-0.4, -0.2) is 31.1 Å². The summed E-state index contributed by atoms with van der Waals surface area (Å²) >= 11 is 6.06. The minimum atomic E-state index is -0.503. The zero-order valence-electron chi connectivity index (χ0n) is 12.1. The number of benzene rings is 1. The van der Waals surface area contributed by atoms with E-state index in [1.54, 1.807) is 12.1 Å². The molecule has 118 valence electrons. The van der Waals surface area contributed by atoms with Crippen molar-refractivity contribution in [1.29, 1.82) is 0 Å². The van der Waals surface area contributed by atoms with E-state index in [1.807, 2.05) is 19.1 Å². The van der Waals surface area contributed by atoms with E-state index in [9.17, 15) is 4.79 Å². The van der Waals surface area contributed by atoms with Crippen molar-refractivity contribution in [3.8, 4) is 5.75 Å². The highest BCUT2D eigenvalue weighted by atomic mass is 35.5. The lowest BCUT2D eigenvalue weighted by atomic mass is 10.1. The van der Waals surface area contributed by atoms with Gasteiger partial charge in [-0.2, -0.15) is 0 Å². The number of carbonyl (C=O) groups is 1. The first-order chi connectivity index (χ1) is 9.70. The van der Waals surface area contributed by atoms with Gasteiger partial charge >= 0.3 is 0 Å². The molecule has 2 N–H and O–H groups in total. The number of amides is 1. The second-order valence-corrected chi connectivity index (χ2v) is 5.40. The van der Waals surface area contributed by atoms with Gasteiger partial charge in [0.1, 0.15) is 5.75 Å². The Kier molecular flexibility index (Phi) is 7.86. The number of carbonyl (C=O) groups excluding carboxylic acids is 1. The van der Waals surface area contributed by atoms with Gasteiger partial charge in [0.2, 0.25) is 0 Å². The lowest BCUT2D eigenvalue weighted by Crippen LogP contribution is -2.49. The second-order valence-electron chi connectivity index (χ2n) is 5.00. The van der Waals surface area contributed by atoms with Crippen LogP contribution in [0.5, 0.6) is 5.75 Å². The maximum atomic E-state index is 12.3. The van der Waals surface area contributed by atoms with Crippen molar-refractivity contribution in [1.82, 2.24) is 10.6 Å². The van der Waals surface area contributed by atoms with Crippen molar-refractivity contribution in [2.75, 3.05) is 13.1 Å². The van der Waals surface area contributed by atoms with Crippen molar-refractivity contribution in [2.24, 2.45) is 0 Å². The third-order valence-corrected chi connectivity index (χ3v) is 3.72. The Labute approximate surface area is 137 Å². The van der Waals surface area contributed by atoms with Crippen LogP contribution < -0.4 is 15.4 Å². The molecule has 21 heavy (non-hydrogen) atoms. The highest BCUT2D eigenvalue weighted by molar-refractivity contribution is 6.32. The molecule has 0 aliphatic carbocycles. The molecule has 1 aromatic carbocycles. The van der Waals surface area contributed by atoms with Gasteiger partial charge in [0.15, 0.2) is 6.10 Å². The molecule has 1 amide bonds. The predicted molar refractivity (Wildman–Crippen MR) is 87.4 cm³/mol. The zero-order chi connectivity index (χ0) is 14.4. The maximum Gasteiger partial charge on any atom is 0.261 e. The molecule has 4 nitrogen and oxygen atoms in total. The molecule has 0 spiro atoms. The first-order valence-corrected chi connectivity index (χ1v) is 7.50. The van der Waals surface area contributed by atoms with E-state index in [1.165, 1.54) is 0 Å². The molecule has 1 fully saturated rings. The first kappa shape index (κ1) is 18.1. The molecule has 0 radical (unpaired) electrons. The number of rotatable bonds is 5. The molecule has 0 aromatic heterocycles. The Morgan fingerprint density at radius 2 is 2.29 bits per heavy atom. The Bertz CT molecular complexity index is 451. The standard InChI is InChI=1S/C15H21ClN2O2.ClH/c1-2-13(20-14-8-4-3-7-12(14)16)15(19)18-11-6-5-9-17-10-11;/h3-4,7-8,11,13,17H,2,5-6,9-10H2,1H3,(H,18,19);1H. The Morgan fingerprint density at radius 1 is 1.52 bits per heavy atom. The summed E-state index contributed by atoms with van der Waals surface area (Å²) in [5.41, 5.74) is 0. The van der Waals surface area contributed by atoms with Crippen molar-refractivity contribution < 1.29 is 9.53 Å². The highest BCUT2D eigenvalue weighted by Crippen LogP contribution is 2.24. The summed E-state index contributed by atoms with van der Waals surface area (Å²) in [5.74, 6) is 0.485. The van der Waals surface area contributed by atoms with Crippen LogP contribution in [0.25, 0.3) is 0 Å². The normalized spacial score (nSPS) is 19.2. The van der Waals surface area contributed by atoms with Crippen LogP contribution in [0.2, 0.25) is 5.02 Å². The van der Waals surface area contributed by atoms with Gasteiger partial charge in [-0.25, -0.2) is 0 Å². The summed E-state index contributed by atoms with van der Waals surface area (Å²) in [6, 6.07) is 7.41. The van der Waals surface area contributed by atoms with Gasteiger partial charge in [-0.05, 0) is 37.9 Å². The van der Waals surface area contributed by atoms with Crippen LogP contribution in [0, 0.1) is 0 Å². The molecule has 1 aromatic rings. The van der Waals surface area contributed by atoms with E-state index in [0.717, 1.165) is 25.9 Å². The molecule has 2 atom stereocenters. The highest BCUT2D eigenvalue weighted by Gasteiger charge is 2.23. The van der Waals surface area contributed by atoms with Crippen LogP contribution in [0.15, 0.2) is 24.3 Å². The number of piperidine rings is 1. The van der Waals surface area contributed by atoms with E-state index in [-0.39, 0.29) is 24.4 Å². The topological polar surface area (TPSA) is 50.4 Å². The van der Waals surface area contributed by atoms with Gasteiger partial charge in [-0.3, -0.25) is 4.79 Å². The van der Waals surface area contributed by atoms with Gasteiger partial charge in [0.25, 0.3) is 5.91 Å². The monoisotopic (exact) mass is 332 g/mol. The van der Waals surface area contributed by atoms with Crippen molar-refractivity contribution in [3.05, 3.63) is 29.3 Å². The zero-order valence-corrected chi connectivity index (χ0v) is 13.7. The van der Waals surface area contributed by atoms with Crippen molar-refractivity contribution in [2.45, 2.75) is 38.3 Å². The largest absolute Gasteiger partial charge is 0.479 e. The lowest BCUT2D eigenvalue weighted by Gasteiger charge is -2.26. The average Bonchev–Trinajstić information content (AvgIpc) is 2.47. The van der Waals surface area contributed by atoms with Gasteiger partial charge in [0.05, 0.1) is 5.02 Å². The average molecular weight is 333 g/mol. The van der Waals surface area contributed by atoms with E-state index < -0.39 is 6.10 Å². The number of halogens is 2. The Balaban J connectivity index is 0.00000220. The number of hydrogen-bond donors (Lipinski definition) is 2. The molecule has 2 unspecified atom stereocenters. The van der Waals surface area contributed by atoms with Gasteiger partial charge in [-0.1, -0.05) is 30.7 Å². The lowest BCUT2D eigenvalue weighted by molar-refractivity contribution is -0.129. The van der Waals surface area contributed by atoms with E-state index >= 15 is 0 Å². The fourth-order valence-electron chi connectivity index (χ4n) is 2.28. The number of para-hydroxylation sites is 1. The molecule has 1 aliphatic heterocycles. The van der Waals surface area contributed by atoms with Crippen LogP contribution in [-0.2, 0) is 4.79 Å². The summed E-state index contributed by atoms with van der Waals surface area (Å²) in [4.78, 5) is 12.3. The van der Waals surface area contributed by atoms with Gasteiger partial charge in [0, 0.05) is 12.6 Å². The fourth-order valence-corrected chi connectivity index (χ4v) is 2.47. The summed E-state index contributed by atoms with van der Waals surface area (Å²) in [5, 5.41) is 6.85. The number of nitrogens with one attached hydrogen (secondary N) is 2. The molecular weight excluding hydrogens is 311 g/mol. The minimum Gasteiger partial charge on any atom is -0.479 e. The maximum absolute atomic E-state index is 12.3. The van der Waals surface area contributed by atoms with Gasteiger partial charge < -0.3 is 15.4 Å². The predicted octanol–water partition coefficient (Wildman–Crippen LogP) is 2.79. The van der Waals surface area contributed by atoms with Crippen molar-refractivity contribution >= 4 is 29.9 Å². The molecule has 1 saturated heterocycles. The van der Waals surface area contributed by atoms with Crippen LogP contribution in [0.1, 0.15) is 26.2 Å². The molecule has 0 bridgehead atoms. The fraction of sp³-hybridized carbons (Fsp3) is 0.533. The summed E-state index contributed by atoms with van der Waals surface area (Å²) in [6.07, 6.45) is 2.21. The second kappa shape index (κ2) is 9.13. The quantitative estimate of drug-likeness (QED) is 0.871.